The van der Waals surface area contributed by atoms with E-state index in [-0.39, 0.29) is 24.0 Å². The van der Waals surface area contributed by atoms with Gasteiger partial charge in [-0.05, 0) is 38.0 Å². The van der Waals surface area contributed by atoms with Crippen LogP contribution in [0.5, 0.6) is 0 Å². The molecule has 3 rings (SSSR count). The smallest absolute Gasteiger partial charge is 0.193 e. The number of hydrogen-bond donors (Lipinski definition) is 2. The van der Waals surface area contributed by atoms with Gasteiger partial charge < -0.3 is 15.2 Å². The van der Waals surface area contributed by atoms with E-state index in [1.165, 1.54) is 10.9 Å². The highest BCUT2D eigenvalue weighted by Crippen LogP contribution is 2.29. The standard InChI is InChI=1S/C17H25N5S.HI/c1-17(2)12-22(9-10-23-17)16(18-3)20-8-6-13-11-21-15-14(13)5-4-7-19-15;/h4-5,7,11H,6,8-10,12H2,1-3H3,(H,18,20)(H,19,21);1H. The van der Waals surface area contributed by atoms with Crippen LogP contribution in [0.4, 0.5) is 0 Å². The number of halogens is 1. The second-order valence-corrected chi connectivity index (χ2v) is 8.27. The highest BCUT2D eigenvalue weighted by atomic mass is 127. The molecule has 1 aliphatic heterocycles. The summed E-state index contributed by atoms with van der Waals surface area (Å²) in [5.74, 6) is 2.17. The Hall–Kier alpha value is -0.960. The molecule has 2 N–H and O–H groups in total. The molecule has 0 spiro atoms. The van der Waals surface area contributed by atoms with E-state index in [2.05, 4.69) is 51.3 Å². The monoisotopic (exact) mass is 459 g/mol. The minimum Gasteiger partial charge on any atom is -0.356 e. The first kappa shape index (κ1) is 19.4. The molecule has 0 radical (unpaired) electrons. The van der Waals surface area contributed by atoms with Gasteiger partial charge >= 0.3 is 0 Å². The Balaban J connectivity index is 0.00000208. The molecule has 2 aromatic heterocycles. The van der Waals surface area contributed by atoms with Crippen LogP contribution in [-0.2, 0) is 6.42 Å². The number of fused-ring (bicyclic) bond motifs is 1. The highest BCUT2D eigenvalue weighted by Gasteiger charge is 2.28. The fourth-order valence-electron chi connectivity index (χ4n) is 3.06. The molecule has 1 aliphatic rings. The van der Waals surface area contributed by atoms with Crippen LogP contribution in [0, 0.1) is 0 Å². The minimum absolute atomic E-state index is 0. The third-order valence-corrected chi connectivity index (χ3v) is 5.45. The molecule has 0 amide bonds. The number of rotatable bonds is 3. The van der Waals surface area contributed by atoms with E-state index in [0.29, 0.717) is 4.75 Å². The summed E-state index contributed by atoms with van der Waals surface area (Å²) in [7, 11) is 1.87. The van der Waals surface area contributed by atoms with Crippen molar-refractivity contribution >= 4 is 52.7 Å². The molecule has 0 atom stereocenters. The number of pyridine rings is 1. The molecule has 0 unspecified atom stereocenters. The van der Waals surface area contributed by atoms with Crippen LogP contribution in [-0.4, -0.2) is 58.0 Å². The van der Waals surface area contributed by atoms with Crippen LogP contribution in [0.15, 0.2) is 29.5 Å². The van der Waals surface area contributed by atoms with Crippen molar-refractivity contribution in [1.29, 1.82) is 0 Å². The maximum atomic E-state index is 4.46. The number of guanidine groups is 1. The van der Waals surface area contributed by atoms with Gasteiger partial charge in [-0.2, -0.15) is 11.8 Å². The third kappa shape index (κ3) is 4.56. The van der Waals surface area contributed by atoms with E-state index in [0.717, 1.165) is 43.4 Å². The Morgan fingerprint density at radius 1 is 1.50 bits per heavy atom. The van der Waals surface area contributed by atoms with Crippen molar-refractivity contribution in [1.82, 2.24) is 20.2 Å². The van der Waals surface area contributed by atoms with Gasteiger partial charge in [-0.3, -0.25) is 4.99 Å². The van der Waals surface area contributed by atoms with Crippen molar-refractivity contribution in [3.05, 3.63) is 30.1 Å². The van der Waals surface area contributed by atoms with Crippen LogP contribution in [0.25, 0.3) is 11.0 Å². The zero-order chi connectivity index (χ0) is 16.3. The van der Waals surface area contributed by atoms with Crippen molar-refractivity contribution in [2.45, 2.75) is 25.0 Å². The lowest BCUT2D eigenvalue weighted by Gasteiger charge is -2.39. The van der Waals surface area contributed by atoms with Crippen LogP contribution in [0.3, 0.4) is 0 Å². The maximum absolute atomic E-state index is 4.46. The first-order valence-electron chi connectivity index (χ1n) is 8.09. The number of aromatic amines is 1. The fraction of sp³-hybridized carbons (Fsp3) is 0.529. The Kier molecular flexibility index (Phi) is 6.79. The number of hydrogen-bond acceptors (Lipinski definition) is 3. The summed E-state index contributed by atoms with van der Waals surface area (Å²) >= 11 is 2.04. The number of H-pyrrole nitrogens is 1. The van der Waals surface area contributed by atoms with Crippen molar-refractivity contribution in [2.24, 2.45) is 4.99 Å². The van der Waals surface area contributed by atoms with Gasteiger partial charge in [0.1, 0.15) is 5.65 Å². The van der Waals surface area contributed by atoms with E-state index in [9.17, 15) is 0 Å². The van der Waals surface area contributed by atoms with E-state index >= 15 is 0 Å². The SMILES string of the molecule is CN=C(NCCc1c[nH]c2ncccc12)N1CCSC(C)(C)C1.I. The fourth-order valence-corrected chi connectivity index (χ4v) is 4.17. The first-order valence-corrected chi connectivity index (χ1v) is 9.08. The van der Waals surface area contributed by atoms with E-state index in [1.807, 2.05) is 31.1 Å². The summed E-state index contributed by atoms with van der Waals surface area (Å²) in [6.07, 6.45) is 4.83. The average Bonchev–Trinajstić information content (AvgIpc) is 2.94. The molecule has 5 nitrogen and oxygen atoms in total. The number of aliphatic imine (C=N–C) groups is 1. The quantitative estimate of drug-likeness (QED) is 0.421. The van der Waals surface area contributed by atoms with Gasteiger partial charge in [-0.1, -0.05) is 0 Å². The van der Waals surface area contributed by atoms with Gasteiger partial charge in [0.25, 0.3) is 0 Å². The summed E-state index contributed by atoms with van der Waals surface area (Å²) in [5, 5.41) is 4.72. The average molecular weight is 459 g/mol. The van der Waals surface area contributed by atoms with Crippen molar-refractivity contribution in [2.75, 3.05) is 32.4 Å². The first-order chi connectivity index (χ1) is 11.1. The maximum Gasteiger partial charge on any atom is 0.193 e. The normalized spacial score (nSPS) is 17.6. The minimum atomic E-state index is 0. The summed E-state index contributed by atoms with van der Waals surface area (Å²) < 4.78 is 0.290. The molecule has 1 fully saturated rings. The van der Waals surface area contributed by atoms with Gasteiger partial charge in [0.05, 0.1) is 0 Å². The largest absolute Gasteiger partial charge is 0.356 e. The van der Waals surface area contributed by atoms with Gasteiger partial charge in [0.2, 0.25) is 0 Å². The zero-order valence-corrected chi connectivity index (χ0v) is 17.6. The molecule has 7 heteroatoms. The number of thioether (sulfide) groups is 1. The number of nitrogens with zero attached hydrogens (tertiary/aromatic N) is 3. The van der Waals surface area contributed by atoms with Crippen molar-refractivity contribution < 1.29 is 0 Å². The predicted molar refractivity (Wildman–Crippen MR) is 115 cm³/mol. The third-order valence-electron chi connectivity index (χ3n) is 4.15. The van der Waals surface area contributed by atoms with E-state index < -0.39 is 0 Å². The second kappa shape index (κ2) is 8.42. The summed E-state index contributed by atoms with van der Waals surface area (Å²) in [6, 6.07) is 4.10. The Labute approximate surface area is 165 Å². The molecule has 0 bridgehead atoms. The van der Waals surface area contributed by atoms with Crippen LogP contribution in [0.2, 0.25) is 0 Å². The van der Waals surface area contributed by atoms with Gasteiger partial charge in [-0.25, -0.2) is 4.98 Å². The van der Waals surface area contributed by atoms with Gasteiger partial charge in [0.15, 0.2) is 5.96 Å². The molecular weight excluding hydrogens is 433 g/mol. The second-order valence-electron chi connectivity index (χ2n) is 6.47. The topological polar surface area (TPSA) is 56.3 Å². The van der Waals surface area contributed by atoms with E-state index in [1.54, 1.807) is 0 Å². The molecule has 1 saturated heterocycles. The molecule has 3 heterocycles. The molecular formula is C17H26IN5S. The van der Waals surface area contributed by atoms with Gasteiger partial charge in [0, 0.05) is 55.0 Å². The lowest BCUT2D eigenvalue weighted by molar-refractivity contribution is 0.376. The summed E-state index contributed by atoms with van der Waals surface area (Å²) in [4.78, 5) is 14.4. The van der Waals surface area contributed by atoms with Crippen molar-refractivity contribution in [3.63, 3.8) is 0 Å². The number of aromatic nitrogens is 2. The van der Waals surface area contributed by atoms with E-state index in [4.69, 9.17) is 0 Å². The molecule has 132 valence electrons. The van der Waals surface area contributed by atoms with Gasteiger partial charge in [-0.15, -0.1) is 24.0 Å². The molecule has 0 aliphatic carbocycles. The Bertz CT molecular complexity index is 697. The molecule has 0 saturated carbocycles. The molecule has 0 aromatic carbocycles. The predicted octanol–water partition coefficient (Wildman–Crippen LogP) is 3.13. The van der Waals surface area contributed by atoms with Crippen LogP contribution in [0.1, 0.15) is 19.4 Å². The number of nitrogens with one attached hydrogen (secondary N) is 2. The Morgan fingerprint density at radius 2 is 2.33 bits per heavy atom. The Morgan fingerprint density at radius 3 is 3.08 bits per heavy atom. The summed E-state index contributed by atoms with van der Waals surface area (Å²) in [5.41, 5.74) is 2.26. The van der Waals surface area contributed by atoms with Crippen LogP contribution >= 0.6 is 35.7 Å². The van der Waals surface area contributed by atoms with Crippen molar-refractivity contribution in [3.8, 4) is 0 Å². The molecule has 2 aromatic rings. The zero-order valence-electron chi connectivity index (χ0n) is 14.5. The lowest BCUT2D eigenvalue weighted by atomic mass is 10.1. The summed E-state index contributed by atoms with van der Waals surface area (Å²) in [6.45, 7) is 7.57. The highest BCUT2D eigenvalue weighted by molar-refractivity contribution is 14.0. The molecule has 24 heavy (non-hydrogen) atoms. The lowest BCUT2D eigenvalue weighted by Crippen LogP contribution is -2.51. The van der Waals surface area contributed by atoms with Crippen LogP contribution < -0.4 is 5.32 Å².